The fourth-order valence-electron chi connectivity index (χ4n) is 4.18. The number of carbonyl (C=O) groups is 2. The van der Waals surface area contributed by atoms with Crippen molar-refractivity contribution in [2.24, 2.45) is 0 Å². The molecule has 4 rings (SSSR count). The number of carboxylic acid groups (broad SMARTS) is 1. The van der Waals surface area contributed by atoms with Crippen molar-refractivity contribution in [1.82, 2.24) is 5.32 Å². The molecule has 0 saturated carbocycles. The fourth-order valence-corrected chi connectivity index (χ4v) is 4.54. The highest BCUT2D eigenvalue weighted by atomic mass is 79.9. The van der Waals surface area contributed by atoms with Crippen molar-refractivity contribution in [1.29, 1.82) is 0 Å². The third-order valence-corrected chi connectivity index (χ3v) is 7.01. The summed E-state index contributed by atoms with van der Waals surface area (Å²) in [6, 6.07) is 18.5. The quantitative estimate of drug-likeness (QED) is 0.489. The summed E-state index contributed by atoms with van der Waals surface area (Å²) in [5.41, 5.74) is 6.75. The van der Waals surface area contributed by atoms with E-state index in [4.69, 9.17) is 4.74 Å². The number of benzene rings is 3. The highest BCUT2D eigenvalue weighted by Gasteiger charge is 2.30. The van der Waals surface area contributed by atoms with Gasteiger partial charge < -0.3 is 15.2 Å². The molecule has 1 aliphatic rings. The Morgan fingerprint density at radius 2 is 1.58 bits per heavy atom. The molecule has 0 radical (unpaired) electrons. The van der Waals surface area contributed by atoms with Crippen molar-refractivity contribution in [3.63, 3.8) is 0 Å². The van der Waals surface area contributed by atoms with Crippen molar-refractivity contribution >= 4 is 28.0 Å². The SMILES string of the molecule is Cc1ccc(C(NC(=O)OCC2c3ccccc3-c3ccccc32)C(=O)O)c(C)c1Br. The van der Waals surface area contributed by atoms with Gasteiger partial charge in [-0.15, -0.1) is 0 Å². The van der Waals surface area contributed by atoms with Crippen LogP contribution < -0.4 is 5.32 Å². The average molecular weight is 480 g/mol. The molecule has 0 aromatic heterocycles. The van der Waals surface area contributed by atoms with Gasteiger partial charge in [-0.1, -0.05) is 76.6 Å². The second-order valence-electron chi connectivity index (χ2n) is 7.65. The first-order valence-electron chi connectivity index (χ1n) is 9.98. The number of amides is 1. The highest BCUT2D eigenvalue weighted by molar-refractivity contribution is 9.10. The van der Waals surface area contributed by atoms with Gasteiger partial charge in [-0.25, -0.2) is 9.59 Å². The normalized spacial score (nSPS) is 13.3. The summed E-state index contributed by atoms with van der Waals surface area (Å²) in [6.07, 6.45) is -0.759. The molecule has 158 valence electrons. The molecule has 0 spiro atoms. The molecule has 0 heterocycles. The zero-order valence-corrected chi connectivity index (χ0v) is 18.8. The Morgan fingerprint density at radius 3 is 2.16 bits per heavy atom. The number of ether oxygens (including phenoxy) is 1. The molecule has 0 saturated heterocycles. The second-order valence-corrected chi connectivity index (χ2v) is 8.44. The van der Waals surface area contributed by atoms with Gasteiger partial charge in [0.25, 0.3) is 0 Å². The van der Waals surface area contributed by atoms with Gasteiger partial charge in [-0.3, -0.25) is 0 Å². The van der Waals surface area contributed by atoms with Gasteiger partial charge in [0.1, 0.15) is 6.61 Å². The van der Waals surface area contributed by atoms with Crippen LogP contribution in [0, 0.1) is 13.8 Å². The van der Waals surface area contributed by atoms with Crippen molar-refractivity contribution in [2.45, 2.75) is 25.8 Å². The van der Waals surface area contributed by atoms with Crippen LogP contribution in [0.3, 0.4) is 0 Å². The minimum atomic E-state index is -1.20. The van der Waals surface area contributed by atoms with Gasteiger partial charge in [-0.05, 0) is 52.8 Å². The van der Waals surface area contributed by atoms with E-state index < -0.39 is 18.1 Å². The Balaban J connectivity index is 1.51. The van der Waals surface area contributed by atoms with E-state index in [1.165, 1.54) is 0 Å². The molecule has 1 amide bonds. The summed E-state index contributed by atoms with van der Waals surface area (Å²) < 4.78 is 6.34. The zero-order valence-electron chi connectivity index (χ0n) is 17.2. The standard InChI is InChI=1S/C25H22BrNO4/c1-14-11-12-16(15(2)22(14)26)23(24(28)29)27-25(30)31-13-21-19-9-5-3-7-17(19)18-8-4-6-10-20(18)21/h3-12,21,23H,13H2,1-2H3,(H,27,30)(H,28,29). The van der Waals surface area contributed by atoms with Gasteiger partial charge >= 0.3 is 12.1 Å². The van der Waals surface area contributed by atoms with Crippen LogP contribution >= 0.6 is 15.9 Å². The Bertz CT molecular complexity index is 1130. The number of rotatable bonds is 5. The molecule has 0 aliphatic heterocycles. The van der Waals surface area contributed by atoms with Crippen LogP contribution in [0.5, 0.6) is 0 Å². The van der Waals surface area contributed by atoms with Crippen LogP contribution in [-0.2, 0) is 9.53 Å². The van der Waals surface area contributed by atoms with E-state index in [1.54, 1.807) is 6.07 Å². The smallest absolute Gasteiger partial charge is 0.408 e. The van der Waals surface area contributed by atoms with Crippen LogP contribution in [-0.4, -0.2) is 23.8 Å². The lowest BCUT2D eigenvalue weighted by Gasteiger charge is -2.20. The first kappa shape index (κ1) is 21.1. The van der Waals surface area contributed by atoms with E-state index in [0.29, 0.717) is 5.56 Å². The van der Waals surface area contributed by atoms with Gasteiger partial charge in [-0.2, -0.15) is 0 Å². The minimum absolute atomic E-state index is 0.0864. The van der Waals surface area contributed by atoms with Crippen LogP contribution in [0.25, 0.3) is 11.1 Å². The van der Waals surface area contributed by atoms with Crippen LogP contribution in [0.1, 0.15) is 39.8 Å². The second kappa shape index (κ2) is 8.55. The van der Waals surface area contributed by atoms with Gasteiger partial charge in [0.05, 0.1) is 0 Å². The molecule has 1 atom stereocenters. The van der Waals surface area contributed by atoms with Crippen molar-refractivity contribution < 1.29 is 19.4 Å². The molecule has 2 N–H and O–H groups in total. The molecule has 5 nitrogen and oxygen atoms in total. The van der Waals surface area contributed by atoms with E-state index in [1.807, 2.05) is 56.3 Å². The number of alkyl carbamates (subject to hydrolysis) is 1. The van der Waals surface area contributed by atoms with Crippen LogP contribution in [0.15, 0.2) is 65.1 Å². The third-order valence-electron chi connectivity index (χ3n) is 5.79. The molecule has 31 heavy (non-hydrogen) atoms. The molecule has 1 unspecified atom stereocenters. The fraction of sp³-hybridized carbons (Fsp3) is 0.200. The lowest BCUT2D eigenvalue weighted by Crippen LogP contribution is -2.35. The minimum Gasteiger partial charge on any atom is -0.479 e. The molecule has 3 aromatic carbocycles. The lowest BCUT2D eigenvalue weighted by atomic mass is 9.98. The Kier molecular flexibility index (Phi) is 5.83. The zero-order chi connectivity index (χ0) is 22.1. The monoisotopic (exact) mass is 479 g/mol. The number of fused-ring (bicyclic) bond motifs is 3. The Labute approximate surface area is 189 Å². The highest BCUT2D eigenvalue weighted by Crippen LogP contribution is 2.44. The van der Waals surface area contributed by atoms with Crippen LogP contribution in [0.4, 0.5) is 4.79 Å². The van der Waals surface area contributed by atoms with E-state index in [2.05, 4.69) is 33.4 Å². The summed E-state index contributed by atoms with van der Waals surface area (Å²) in [7, 11) is 0. The Morgan fingerprint density at radius 1 is 1.00 bits per heavy atom. The number of aryl methyl sites for hydroxylation is 1. The summed E-state index contributed by atoms with van der Waals surface area (Å²) in [6.45, 7) is 3.88. The first-order valence-corrected chi connectivity index (χ1v) is 10.8. The summed E-state index contributed by atoms with van der Waals surface area (Å²) in [4.78, 5) is 24.5. The molecular weight excluding hydrogens is 458 g/mol. The number of carbonyl (C=O) groups excluding carboxylic acids is 1. The topological polar surface area (TPSA) is 75.6 Å². The van der Waals surface area contributed by atoms with E-state index >= 15 is 0 Å². The summed E-state index contributed by atoms with van der Waals surface area (Å²) in [5.74, 6) is -1.23. The maximum absolute atomic E-state index is 12.6. The number of halogens is 1. The van der Waals surface area contributed by atoms with Gasteiger partial charge in [0.2, 0.25) is 0 Å². The third kappa shape index (κ3) is 3.95. The molecular formula is C25H22BrNO4. The Hall–Kier alpha value is -3.12. The maximum Gasteiger partial charge on any atom is 0.408 e. The number of hydrogen-bond donors (Lipinski definition) is 2. The van der Waals surface area contributed by atoms with E-state index in [9.17, 15) is 14.7 Å². The predicted molar refractivity (Wildman–Crippen MR) is 122 cm³/mol. The summed E-state index contributed by atoms with van der Waals surface area (Å²) in [5, 5.41) is 12.2. The molecule has 3 aromatic rings. The van der Waals surface area contributed by atoms with Gasteiger partial charge in [0.15, 0.2) is 6.04 Å². The molecule has 0 fully saturated rings. The number of hydrogen-bond acceptors (Lipinski definition) is 3. The van der Waals surface area contributed by atoms with Crippen molar-refractivity contribution in [3.05, 3.63) is 93.0 Å². The number of carboxylic acids is 1. The average Bonchev–Trinajstić information content (AvgIpc) is 3.09. The van der Waals surface area contributed by atoms with Crippen LogP contribution in [0.2, 0.25) is 0 Å². The number of nitrogens with one attached hydrogen (secondary N) is 1. The molecule has 6 heteroatoms. The summed E-state index contributed by atoms with van der Waals surface area (Å²) >= 11 is 3.48. The van der Waals surface area contributed by atoms with Gasteiger partial charge in [0, 0.05) is 10.4 Å². The first-order chi connectivity index (χ1) is 14.9. The van der Waals surface area contributed by atoms with Crippen molar-refractivity contribution in [3.8, 4) is 11.1 Å². The number of aliphatic carboxylic acids is 1. The molecule has 0 bridgehead atoms. The van der Waals surface area contributed by atoms with E-state index in [-0.39, 0.29) is 12.5 Å². The molecule has 1 aliphatic carbocycles. The largest absolute Gasteiger partial charge is 0.479 e. The lowest BCUT2D eigenvalue weighted by molar-refractivity contribution is -0.139. The van der Waals surface area contributed by atoms with E-state index in [0.717, 1.165) is 37.9 Å². The maximum atomic E-state index is 12.6. The predicted octanol–water partition coefficient (Wildman–Crippen LogP) is 5.73. The van der Waals surface area contributed by atoms with Crippen molar-refractivity contribution in [2.75, 3.05) is 6.61 Å².